The molecule has 1 amide bonds. The van der Waals surface area contributed by atoms with E-state index in [2.05, 4.69) is 26.6 Å². The van der Waals surface area contributed by atoms with E-state index in [9.17, 15) is 4.79 Å². The molecule has 4 nitrogen and oxygen atoms in total. The highest BCUT2D eigenvalue weighted by Crippen LogP contribution is 2.29. The Hall–Kier alpha value is -1.59. The number of benzene rings is 1. The van der Waals surface area contributed by atoms with Gasteiger partial charge in [-0.1, -0.05) is 28.1 Å². The van der Waals surface area contributed by atoms with Crippen LogP contribution < -0.4 is 10.6 Å². The number of hydrogen-bond acceptors (Lipinski definition) is 3. The first kappa shape index (κ1) is 14.0. The molecule has 5 heteroatoms. The number of halogens is 1. The molecule has 22 heavy (non-hydrogen) atoms. The van der Waals surface area contributed by atoms with Gasteiger partial charge in [0.1, 0.15) is 5.76 Å². The van der Waals surface area contributed by atoms with Crippen molar-refractivity contribution in [3.05, 3.63) is 46.6 Å². The number of carbonyl (C=O) groups is 1. The van der Waals surface area contributed by atoms with Gasteiger partial charge < -0.3 is 15.1 Å². The third kappa shape index (κ3) is 2.59. The molecule has 1 aromatic carbocycles. The topological polar surface area (TPSA) is 54.3 Å². The Kier molecular flexibility index (Phi) is 3.54. The van der Waals surface area contributed by atoms with Crippen LogP contribution in [0.1, 0.15) is 29.8 Å². The first-order chi connectivity index (χ1) is 10.7. The van der Waals surface area contributed by atoms with Crippen LogP contribution in [-0.4, -0.2) is 24.0 Å². The first-order valence-electron chi connectivity index (χ1n) is 7.62. The number of fused-ring (bicyclic) bond motifs is 2. The second kappa shape index (κ2) is 5.56. The van der Waals surface area contributed by atoms with Crippen LogP contribution in [0.3, 0.4) is 0 Å². The van der Waals surface area contributed by atoms with Crippen molar-refractivity contribution < 1.29 is 9.21 Å². The zero-order chi connectivity index (χ0) is 15.1. The molecule has 4 rings (SSSR count). The highest BCUT2D eigenvalue weighted by molar-refractivity contribution is 9.10. The molecular weight excluding hydrogens is 344 g/mol. The van der Waals surface area contributed by atoms with Gasteiger partial charge in [-0.2, -0.15) is 0 Å². The molecule has 3 unspecified atom stereocenters. The van der Waals surface area contributed by atoms with Crippen molar-refractivity contribution in [2.75, 3.05) is 0 Å². The maximum absolute atomic E-state index is 12.3. The van der Waals surface area contributed by atoms with Crippen molar-refractivity contribution in [2.45, 2.75) is 37.4 Å². The van der Waals surface area contributed by atoms with E-state index in [4.69, 9.17) is 4.42 Å². The third-order valence-electron chi connectivity index (χ3n) is 4.58. The number of hydrogen-bond donors (Lipinski definition) is 2. The van der Waals surface area contributed by atoms with Crippen molar-refractivity contribution in [3.8, 4) is 11.3 Å². The molecule has 0 spiro atoms. The standard InChI is InChI=1S/C17H17BrN2O2/c18-11-3-1-10(2-4-11)15-7-8-16(22-15)17(21)20-14-9-12-5-6-13(14)19-12/h1-4,7-8,12-14,19H,5-6,9H2,(H,20,21). The van der Waals surface area contributed by atoms with Crippen LogP contribution in [0.15, 0.2) is 45.3 Å². The molecule has 3 heterocycles. The number of rotatable bonds is 3. The second-order valence-electron chi connectivity index (χ2n) is 6.03. The average molecular weight is 361 g/mol. The van der Waals surface area contributed by atoms with Gasteiger partial charge >= 0.3 is 0 Å². The third-order valence-corrected chi connectivity index (χ3v) is 5.10. The fourth-order valence-electron chi connectivity index (χ4n) is 3.45. The van der Waals surface area contributed by atoms with Crippen molar-refractivity contribution in [2.24, 2.45) is 0 Å². The molecule has 0 aliphatic carbocycles. The van der Waals surface area contributed by atoms with Gasteiger partial charge in [-0.3, -0.25) is 4.79 Å². The molecule has 2 bridgehead atoms. The normalized spacial score (nSPS) is 26.3. The van der Waals surface area contributed by atoms with Gasteiger partial charge in [-0.25, -0.2) is 0 Å². The van der Waals surface area contributed by atoms with E-state index in [1.165, 1.54) is 6.42 Å². The Morgan fingerprint density at radius 1 is 1.18 bits per heavy atom. The molecule has 114 valence electrons. The smallest absolute Gasteiger partial charge is 0.287 e. The largest absolute Gasteiger partial charge is 0.451 e. The average Bonchev–Trinajstić information content (AvgIpc) is 3.24. The van der Waals surface area contributed by atoms with Gasteiger partial charge in [0.15, 0.2) is 5.76 Å². The van der Waals surface area contributed by atoms with E-state index in [0.717, 1.165) is 22.9 Å². The molecule has 0 saturated carbocycles. The minimum atomic E-state index is -0.122. The maximum Gasteiger partial charge on any atom is 0.287 e. The molecular formula is C17H17BrN2O2. The maximum atomic E-state index is 12.3. The van der Waals surface area contributed by atoms with Crippen LogP contribution >= 0.6 is 15.9 Å². The molecule has 2 aliphatic rings. The van der Waals surface area contributed by atoms with Crippen molar-refractivity contribution >= 4 is 21.8 Å². The van der Waals surface area contributed by atoms with Crippen LogP contribution in [0.2, 0.25) is 0 Å². The summed E-state index contributed by atoms with van der Waals surface area (Å²) in [4.78, 5) is 12.3. The van der Waals surface area contributed by atoms with Crippen LogP contribution in [0.5, 0.6) is 0 Å². The summed E-state index contributed by atoms with van der Waals surface area (Å²) in [6, 6.07) is 12.7. The number of furan rings is 1. The number of carbonyl (C=O) groups excluding carboxylic acids is 1. The molecule has 2 N–H and O–H groups in total. The zero-order valence-electron chi connectivity index (χ0n) is 12.0. The fraction of sp³-hybridized carbons (Fsp3) is 0.353. The van der Waals surface area contributed by atoms with E-state index >= 15 is 0 Å². The quantitative estimate of drug-likeness (QED) is 0.882. The minimum Gasteiger partial charge on any atom is -0.451 e. The van der Waals surface area contributed by atoms with Gasteiger partial charge in [-0.15, -0.1) is 0 Å². The van der Waals surface area contributed by atoms with E-state index in [1.807, 2.05) is 30.3 Å². The Morgan fingerprint density at radius 3 is 2.68 bits per heavy atom. The van der Waals surface area contributed by atoms with Gasteiger partial charge in [0.2, 0.25) is 0 Å². The summed E-state index contributed by atoms with van der Waals surface area (Å²) in [5, 5.41) is 6.62. The summed E-state index contributed by atoms with van der Waals surface area (Å²) in [5.74, 6) is 0.965. The van der Waals surface area contributed by atoms with Gasteiger partial charge in [0.25, 0.3) is 5.91 Å². The molecule has 2 saturated heterocycles. The van der Waals surface area contributed by atoms with Gasteiger partial charge in [-0.05, 0) is 43.5 Å². The zero-order valence-corrected chi connectivity index (χ0v) is 13.6. The van der Waals surface area contributed by atoms with Gasteiger partial charge in [0, 0.05) is 28.2 Å². The predicted molar refractivity (Wildman–Crippen MR) is 87.7 cm³/mol. The van der Waals surface area contributed by atoms with Crippen LogP contribution in [0.25, 0.3) is 11.3 Å². The summed E-state index contributed by atoms with van der Waals surface area (Å²) < 4.78 is 6.73. The summed E-state index contributed by atoms with van der Waals surface area (Å²) >= 11 is 3.41. The molecule has 2 aliphatic heterocycles. The van der Waals surface area contributed by atoms with E-state index in [0.29, 0.717) is 23.6 Å². The Labute approximate surface area is 137 Å². The summed E-state index contributed by atoms with van der Waals surface area (Å²) in [6.45, 7) is 0. The van der Waals surface area contributed by atoms with E-state index in [-0.39, 0.29) is 11.9 Å². The van der Waals surface area contributed by atoms with Crippen molar-refractivity contribution in [3.63, 3.8) is 0 Å². The summed E-state index contributed by atoms with van der Waals surface area (Å²) in [5.41, 5.74) is 0.962. The molecule has 2 aromatic rings. The van der Waals surface area contributed by atoms with Crippen LogP contribution in [-0.2, 0) is 0 Å². The number of amides is 1. The lowest BCUT2D eigenvalue weighted by molar-refractivity contribution is 0.0903. The Morgan fingerprint density at radius 2 is 2.00 bits per heavy atom. The van der Waals surface area contributed by atoms with Crippen molar-refractivity contribution in [1.29, 1.82) is 0 Å². The first-order valence-corrected chi connectivity index (χ1v) is 8.41. The van der Waals surface area contributed by atoms with Crippen LogP contribution in [0, 0.1) is 0 Å². The highest BCUT2D eigenvalue weighted by atomic mass is 79.9. The molecule has 2 fully saturated rings. The molecule has 0 radical (unpaired) electrons. The summed E-state index contributed by atoms with van der Waals surface area (Å²) in [6.07, 6.45) is 3.40. The lowest BCUT2D eigenvalue weighted by Gasteiger charge is -2.20. The second-order valence-corrected chi connectivity index (χ2v) is 6.95. The monoisotopic (exact) mass is 360 g/mol. The Balaban J connectivity index is 1.46. The van der Waals surface area contributed by atoms with Crippen LogP contribution in [0.4, 0.5) is 0 Å². The SMILES string of the molecule is O=C(NC1CC2CCC1N2)c1ccc(-c2ccc(Br)cc2)o1. The summed E-state index contributed by atoms with van der Waals surface area (Å²) in [7, 11) is 0. The van der Waals surface area contributed by atoms with E-state index < -0.39 is 0 Å². The highest BCUT2D eigenvalue weighted by Gasteiger charge is 2.39. The number of nitrogens with one attached hydrogen (secondary N) is 2. The van der Waals surface area contributed by atoms with Gasteiger partial charge in [0.05, 0.1) is 0 Å². The lowest BCUT2D eigenvalue weighted by Crippen LogP contribution is -2.42. The predicted octanol–water partition coefficient (Wildman–Crippen LogP) is 3.33. The Bertz CT molecular complexity index is 695. The lowest BCUT2D eigenvalue weighted by atomic mass is 9.95. The van der Waals surface area contributed by atoms with Crippen molar-refractivity contribution in [1.82, 2.24) is 10.6 Å². The molecule has 3 atom stereocenters. The molecule has 1 aromatic heterocycles. The minimum absolute atomic E-state index is 0.122. The fourth-order valence-corrected chi connectivity index (χ4v) is 3.72. The van der Waals surface area contributed by atoms with E-state index in [1.54, 1.807) is 6.07 Å².